The first kappa shape index (κ1) is 17.3. The molecule has 0 aliphatic heterocycles. The smallest absolute Gasteiger partial charge is 0.264 e. The average Bonchev–Trinajstić information content (AvgIpc) is 2.03. The summed E-state index contributed by atoms with van der Waals surface area (Å²) in [6.45, 7) is 4.15. The summed E-state index contributed by atoms with van der Waals surface area (Å²) in [4.78, 5) is 0. The zero-order chi connectivity index (χ0) is 10.3. The van der Waals surface area contributed by atoms with Crippen molar-refractivity contribution >= 4 is 40.0 Å². The molecule has 0 aliphatic rings. The molecule has 0 aromatic heterocycles. The van der Waals surface area contributed by atoms with Gasteiger partial charge >= 0.3 is 10.4 Å². The average molecular weight is 233 g/mol. The Hall–Kier alpha value is 0.870. The van der Waals surface area contributed by atoms with Crippen LogP contribution >= 0.6 is 0 Å². The topological polar surface area (TPSA) is 63.6 Å². The maximum Gasteiger partial charge on any atom is 0.397 e. The first-order valence-electron chi connectivity index (χ1n) is 4.61. The number of rotatable bonds is 7. The minimum Gasteiger partial charge on any atom is -0.264 e. The van der Waals surface area contributed by atoms with Crippen molar-refractivity contribution in [2.75, 3.05) is 6.61 Å². The Bertz CT molecular complexity index is 215. The van der Waals surface area contributed by atoms with Gasteiger partial charge in [-0.3, -0.25) is 4.55 Å². The second-order valence-corrected chi connectivity index (χ2v) is 4.22. The summed E-state index contributed by atoms with van der Waals surface area (Å²) in [5.41, 5.74) is 0. The zero-order valence-corrected chi connectivity index (χ0v) is 12.0. The van der Waals surface area contributed by atoms with Crippen LogP contribution in [0.25, 0.3) is 0 Å². The molecule has 0 fully saturated rings. The summed E-state index contributed by atoms with van der Waals surface area (Å²) < 4.78 is 33.2. The van der Waals surface area contributed by atoms with E-state index < -0.39 is 10.4 Å². The molecule has 1 unspecified atom stereocenters. The van der Waals surface area contributed by atoms with E-state index in [2.05, 4.69) is 11.1 Å². The SMILES string of the molecule is CCCCC(CC)COS(=O)(=O)O.[Na]. The number of hydrogen-bond donors (Lipinski definition) is 1. The van der Waals surface area contributed by atoms with E-state index in [1.54, 1.807) is 0 Å². The van der Waals surface area contributed by atoms with Crippen LogP contribution in [0.1, 0.15) is 39.5 Å². The Labute approximate surface area is 109 Å². The van der Waals surface area contributed by atoms with E-state index in [-0.39, 0.29) is 42.1 Å². The van der Waals surface area contributed by atoms with Gasteiger partial charge in [0.2, 0.25) is 0 Å². The molecule has 0 spiro atoms. The van der Waals surface area contributed by atoms with E-state index in [1.165, 1.54) is 0 Å². The molecular formula is C8H18NaO4S. The minimum atomic E-state index is -4.25. The quantitative estimate of drug-likeness (QED) is 0.536. The fourth-order valence-electron chi connectivity index (χ4n) is 1.08. The van der Waals surface area contributed by atoms with Gasteiger partial charge in [0.25, 0.3) is 0 Å². The van der Waals surface area contributed by atoms with Crippen LogP contribution in [0.3, 0.4) is 0 Å². The first-order valence-corrected chi connectivity index (χ1v) is 5.98. The largest absolute Gasteiger partial charge is 0.397 e. The molecule has 0 amide bonds. The molecule has 0 bridgehead atoms. The van der Waals surface area contributed by atoms with Crippen LogP contribution in [-0.2, 0) is 14.6 Å². The van der Waals surface area contributed by atoms with E-state index in [4.69, 9.17) is 4.55 Å². The Morgan fingerprint density at radius 1 is 1.36 bits per heavy atom. The van der Waals surface area contributed by atoms with Gasteiger partial charge in [-0.2, -0.15) is 8.42 Å². The van der Waals surface area contributed by atoms with Gasteiger partial charge in [-0.1, -0.05) is 33.1 Å². The monoisotopic (exact) mass is 233 g/mol. The Morgan fingerprint density at radius 3 is 2.29 bits per heavy atom. The van der Waals surface area contributed by atoms with Crippen LogP contribution in [0.15, 0.2) is 0 Å². The van der Waals surface area contributed by atoms with Crippen LogP contribution in [0.2, 0.25) is 0 Å². The number of hydrogen-bond acceptors (Lipinski definition) is 3. The molecule has 0 saturated carbocycles. The predicted octanol–water partition coefficient (Wildman–Crippen LogP) is 1.64. The van der Waals surface area contributed by atoms with Crippen molar-refractivity contribution in [1.29, 1.82) is 0 Å². The molecule has 81 valence electrons. The van der Waals surface area contributed by atoms with Crippen LogP contribution < -0.4 is 0 Å². The van der Waals surface area contributed by atoms with Crippen molar-refractivity contribution in [2.45, 2.75) is 39.5 Å². The zero-order valence-electron chi connectivity index (χ0n) is 9.19. The third kappa shape index (κ3) is 10.9. The Morgan fingerprint density at radius 2 is 1.93 bits per heavy atom. The van der Waals surface area contributed by atoms with E-state index in [0.29, 0.717) is 0 Å². The molecular weight excluding hydrogens is 215 g/mol. The maximum atomic E-state index is 10.3. The fourth-order valence-corrected chi connectivity index (χ4v) is 1.44. The van der Waals surface area contributed by atoms with Crippen LogP contribution in [0.4, 0.5) is 0 Å². The van der Waals surface area contributed by atoms with Crippen molar-refractivity contribution in [2.24, 2.45) is 5.92 Å². The molecule has 1 N–H and O–H groups in total. The van der Waals surface area contributed by atoms with Crippen LogP contribution in [0, 0.1) is 5.92 Å². The molecule has 0 saturated heterocycles. The summed E-state index contributed by atoms with van der Waals surface area (Å²) in [5, 5.41) is 0. The van der Waals surface area contributed by atoms with Gasteiger partial charge in [0.05, 0.1) is 6.61 Å². The predicted molar refractivity (Wildman–Crippen MR) is 56.6 cm³/mol. The molecule has 0 aromatic rings. The molecule has 0 heterocycles. The summed E-state index contributed by atoms with van der Waals surface area (Å²) in [6, 6.07) is 0. The molecule has 0 aromatic carbocycles. The second kappa shape index (κ2) is 9.12. The van der Waals surface area contributed by atoms with E-state index in [0.717, 1.165) is 25.7 Å². The molecule has 14 heavy (non-hydrogen) atoms. The van der Waals surface area contributed by atoms with Gasteiger partial charge < -0.3 is 0 Å². The first-order chi connectivity index (χ1) is 5.99. The second-order valence-electron chi connectivity index (χ2n) is 3.13. The van der Waals surface area contributed by atoms with Gasteiger partial charge in [0.15, 0.2) is 0 Å². The van der Waals surface area contributed by atoms with Crippen molar-refractivity contribution in [3.63, 3.8) is 0 Å². The summed E-state index contributed by atoms with van der Waals surface area (Å²) in [6.07, 6.45) is 3.97. The van der Waals surface area contributed by atoms with E-state index >= 15 is 0 Å². The van der Waals surface area contributed by atoms with Gasteiger partial charge in [0.1, 0.15) is 0 Å². The Kier molecular flexibility index (Phi) is 11.3. The van der Waals surface area contributed by atoms with Crippen molar-refractivity contribution in [1.82, 2.24) is 0 Å². The minimum absolute atomic E-state index is 0. The maximum absolute atomic E-state index is 10.3. The third-order valence-corrected chi connectivity index (χ3v) is 2.43. The van der Waals surface area contributed by atoms with Crippen LogP contribution in [0.5, 0.6) is 0 Å². The molecule has 0 aliphatic carbocycles. The van der Waals surface area contributed by atoms with Gasteiger partial charge in [-0.15, -0.1) is 0 Å². The van der Waals surface area contributed by atoms with Gasteiger partial charge in [-0.25, -0.2) is 4.18 Å². The molecule has 1 atom stereocenters. The van der Waals surface area contributed by atoms with E-state index in [1.807, 2.05) is 6.92 Å². The van der Waals surface area contributed by atoms with Crippen molar-refractivity contribution in [3.8, 4) is 0 Å². The number of unbranched alkanes of at least 4 members (excludes halogenated alkanes) is 1. The fraction of sp³-hybridized carbons (Fsp3) is 1.00. The van der Waals surface area contributed by atoms with Crippen LogP contribution in [-0.4, -0.2) is 49.1 Å². The normalized spacial score (nSPS) is 13.4. The Balaban J connectivity index is 0. The molecule has 4 nitrogen and oxygen atoms in total. The molecule has 0 rings (SSSR count). The third-order valence-electron chi connectivity index (χ3n) is 2.00. The summed E-state index contributed by atoms with van der Waals surface area (Å²) >= 11 is 0. The molecule has 1 radical (unpaired) electrons. The van der Waals surface area contributed by atoms with E-state index in [9.17, 15) is 8.42 Å². The summed E-state index contributed by atoms with van der Waals surface area (Å²) in [7, 11) is -4.25. The standard InChI is InChI=1S/C8H18O4S.Na/c1-3-5-6-8(4-2)7-12-13(9,10)11;/h8H,3-7H2,1-2H3,(H,9,10,11);. The summed E-state index contributed by atoms with van der Waals surface area (Å²) in [5.74, 6) is 0.224. The molecule has 6 heteroatoms. The van der Waals surface area contributed by atoms with Crippen molar-refractivity contribution in [3.05, 3.63) is 0 Å². The van der Waals surface area contributed by atoms with Crippen molar-refractivity contribution < 1.29 is 17.2 Å². The van der Waals surface area contributed by atoms with Gasteiger partial charge in [0, 0.05) is 29.6 Å². The van der Waals surface area contributed by atoms with Gasteiger partial charge in [-0.05, 0) is 12.3 Å².